The molecule has 3 aromatic rings. The Hall–Kier alpha value is -2.64. The van der Waals surface area contributed by atoms with Gasteiger partial charge in [0.25, 0.3) is 0 Å². The Morgan fingerprint density at radius 2 is 1.72 bits per heavy atom. The number of fused-ring (bicyclic) bond motifs is 1. The van der Waals surface area contributed by atoms with Crippen LogP contribution in [0.25, 0.3) is 11.0 Å². The molecule has 4 rings (SSSR count). The van der Waals surface area contributed by atoms with E-state index >= 15 is 0 Å². The molecule has 0 spiro atoms. The van der Waals surface area contributed by atoms with E-state index in [-0.39, 0.29) is 5.41 Å². The van der Waals surface area contributed by atoms with Gasteiger partial charge in [-0.1, -0.05) is 42.5 Å². The maximum absolute atomic E-state index is 9.83. The quantitative estimate of drug-likeness (QED) is 0.736. The Balaban J connectivity index is 1.50. The molecular weight excluding hydrogens is 308 g/mol. The normalized spacial score (nSPS) is 17.4. The van der Waals surface area contributed by atoms with Crippen LogP contribution in [0, 0.1) is 11.3 Å². The van der Waals surface area contributed by atoms with Gasteiger partial charge in [-0.3, -0.25) is 4.90 Å². The van der Waals surface area contributed by atoms with Crippen LogP contribution in [0.15, 0.2) is 54.6 Å². The minimum absolute atomic E-state index is 0.343. The number of aromatic nitrogens is 2. The molecule has 0 amide bonds. The fourth-order valence-electron chi connectivity index (χ4n) is 3.85. The second kappa shape index (κ2) is 6.34. The van der Waals surface area contributed by atoms with E-state index in [4.69, 9.17) is 4.98 Å². The molecule has 1 aliphatic rings. The molecule has 0 atom stereocenters. The van der Waals surface area contributed by atoms with Crippen LogP contribution in [0.3, 0.4) is 0 Å². The molecule has 126 valence electrons. The van der Waals surface area contributed by atoms with Crippen molar-refractivity contribution in [1.82, 2.24) is 14.5 Å². The van der Waals surface area contributed by atoms with E-state index in [1.165, 1.54) is 5.52 Å². The van der Waals surface area contributed by atoms with Crippen LogP contribution in [0.4, 0.5) is 0 Å². The molecule has 1 aliphatic heterocycles. The fraction of sp³-hybridized carbons (Fsp3) is 0.333. The summed E-state index contributed by atoms with van der Waals surface area (Å²) < 4.78 is 2.18. The first-order chi connectivity index (χ1) is 12.2. The number of piperidine rings is 1. The summed E-state index contributed by atoms with van der Waals surface area (Å²) in [5, 5.41) is 9.83. The molecule has 1 saturated heterocycles. The molecule has 2 heterocycles. The van der Waals surface area contributed by atoms with Crippen LogP contribution >= 0.6 is 0 Å². The molecule has 1 aromatic heterocycles. The predicted molar refractivity (Wildman–Crippen MR) is 99.0 cm³/mol. The summed E-state index contributed by atoms with van der Waals surface area (Å²) >= 11 is 0. The number of hydrogen-bond acceptors (Lipinski definition) is 3. The van der Waals surface area contributed by atoms with Gasteiger partial charge < -0.3 is 4.57 Å². The van der Waals surface area contributed by atoms with E-state index in [1.807, 2.05) is 24.3 Å². The lowest BCUT2D eigenvalue weighted by atomic mass is 9.74. The molecule has 0 unspecified atom stereocenters. The SMILES string of the molecule is Cn1c(CN2CCC(C#N)(c3ccccc3)CC2)nc2ccccc21. The van der Waals surface area contributed by atoms with Crippen LogP contribution < -0.4 is 0 Å². The standard InChI is InChI=1S/C21H22N4/c1-24-19-10-6-5-9-18(19)23-20(24)15-25-13-11-21(16-22,12-14-25)17-7-3-2-4-8-17/h2-10H,11-15H2,1H3. The van der Waals surface area contributed by atoms with E-state index in [0.717, 1.165) is 49.4 Å². The number of rotatable bonds is 3. The average Bonchev–Trinajstić information content (AvgIpc) is 2.99. The van der Waals surface area contributed by atoms with Crippen molar-refractivity contribution in [1.29, 1.82) is 5.26 Å². The molecule has 2 aromatic carbocycles. The number of imidazole rings is 1. The van der Waals surface area contributed by atoms with E-state index in [9.17, 15) is 5.26 Å². The van der Waals surface area contributed by atoms with Gasteiger partial charge in [-0.05, 0) is 30.5 Å². The minimum atomic E-state index is -0.343. The van der Waals surface area contributed by atoms with Gasteiger partial charge in [-0.15, -0.1) is 0 Å². The highest BCUT2D eigenvalue weighted by Crippen LogP contribution is 2.35. The van der Waals surface area contributed by atoms with Crippen molar-refractivity contribution in [3.05, 3.63) is 66.0 Å². The fourth-order valence-corrected chi connectivity index (χ4v) is 3.85. The third kappa shape index (κ3) is 2.81. The lowest BCUT2D eigenvalue weighted by Gasteiger charge is -2.37. The Morgan fingerprint density at radius 1 is 1.04 bits per heavy atom. The summed E-state index contributed by atoms with van der Waals surface area (Å²) in [7, 11) is 2.08. The molecule has 25 heavy (non-hydrogen) atoms. The van der Waals surface area contributed by atoms with Gasteiger partial charge >= 0.3 is 0 Å². The summed E-state index contributed by atoms with van der Waals surface area (Å²) in [4.78, 5) is 7.19. The van der Waals surface area contributed by atoms with Gasteiger partial charge in [0.2, 0.25) is 0 Å². The first kappa shape index (κ1) is 15.9. The monoisotopic (exact) mass is 330 g/mol. The summed E-state index contributed by atoms with van der Waals surface area (Å²) in [6, 6.07) is 21.1. The maximum Gasteiger partial charge on any atom is 0.123 e. The molecule has 0 N–H and O–H groups in total. The van der Waals surface area contributed by atoms with Gasteiger partial charge in [0.05, 0.1) is 29.1 Å². The third-order valence-electron chi connectivity index (χ3n) is 5.49. The van der Waals surface area contributed by atoms with Crippen molar-refractivity contribution in [2.45, 2.75) is 24.8 Å². The summed E-state index contributed by atoms with van der Waals surface area (Å²) in [5.41, 5.74) is 3.03. The highest BCUT2D eigenvalue weighted by Gasteiger charge is 2.36. The van der Waals surface area contributed by atoms with E-state index < -0.39 is 0 Å². The number of benzene rings is 2. The number of likely N-dealkylation sites (tertiary alicyclic amines) is 1. The third-order valence-corrected chi connectivity index (χ3v) is 5.49. The topological polar surface area (TPSA) is 44.9 Å². The van der Waals surface area contributed by atoms with E-state index in [0.29, 0.717) is 0 Å². The zero-order valence-corrected chi connectivity index (χ0v) is 14.5. The Morgan fingerprint density at radius 3 is 2.40 bits per heavy atom. The van der Waals surface area contributed by atoms with Gasteiger partial charge in [0, 0.05) is 20.1 Å². The van der Waals surface area contributed by atoms with Gasteiger partial charge in [-0.2, -0.15) is 5.26 Å². The van der Waals surface area contributed by atoms with E-state index in [1.54, 1.807) is 0 Å². The summed E-state index contributed by atoms with van der Waals surface area (Å²) in [5.74, 6) is 1.09. The molecule has 1 fully saturated rings. The highest BCUT2D eigenvalue weighted by atomic mass is 15.2. The smallest absolute Gasteiger partial charge is 0.123 e. The summed E-state index contributed by atoms with van der Waals surface area (Å²) in [6.45, 7) is 2.68. The van der Waals surface area contributed by atoms with Crippen molar-refractivity contribution < 1.29 is 0 Å². The van der Waals surface area contributed by atoms with Gasteiger partial charge in [-0.25, -0.2) is 4.98 Å². The van der Waals surface area contributed by atoms with Crippen molar-refractivity contribution in [2.75, 3.05) is 13.1 Å². The number of aryl methyl sites for hydroxylation is 1. The van der Waals surface area contributed by atoms with Crippen LogP contribution in [0.1, 0.15) is 24.2 Å². The summed E-state index contributed by atoms with van der Waals surface area (Å²) in [6.07, 6.45) is 1.74. The number of nitriles is 1. The lowest BCUT2D eigenvalue weighted by molar-refractivity contribution is 0.174. The zero-order valence-electron chi connectivity index (χ0n) is 14.5. The second-order valence-corrected chi connectivity index (χ2v) is 6.91. The molecule has 0 bridgehead atoms. The zero-order chi connectivity index (χ0) is 17.3. The minimum Gasteiger partial charge on any atom is -0.330 e. The molecular formula is C21H22N4. The number of nitrogens with zero attached hydrogens (tertiary/aromatic N) is 4. The first-order valence-corrected chi connectivity index (χ1v) is 8.81. The molecule has 0 radical (unpaired) electrons. The van der Waals surface area contributed by atoms with Crippen LogP contribution in [0.2, 0.25) is 0 Å². The van der Waals surface area contributed by atoms with Gasteiger partial charge in [0.1, 0.15) is 5.82 Å². The van der Waals surface area contributed by atoms with Crippen LogP contribution in [-0.2, 0) is 19.0 Å². The number of para-hydroxylation sites is 2. The van der Waals surface area contributed by atoms with Crippen LogP contribution in [0.5, 0.6) is 0 Å². The Labute approximate surface area is 148 Å². The molecule has 0 aliphatic carbocycles. The second-order valence-electron chi connectivity index (χ2n) is 6.91. The van der Waals surface area contributed by atoms with Crippen LogP contribution in [-0.4, -0.2) is 27.5 Å². The lowest BCUT2D eigenvalue weighted by Crippen LogP contribution is -2.41. The van der Waals surface area contributed by atoms with Gasteiger partial charge in [0.15, 0.2) is 0 Å². The van der Waals surface area contributed by atoms with Crippen molar-refractivity contribution in [3.63, 3.8) is 0 Å². The molecule has 4 heteroatoms. The Kier molecular flexibility index (Phi) is 4.03. The molecule has 0 saturated carbocycles. The first-order valence-electron chi connectivity index (χ1n) is 8.81. The van der Waals surface area contributed by atoms with E-state index in [2.05, 4.69) is 52.9 Å². The van der Waals surface area contributed by atoms with Crippen molar-refractivity contribution in [2.24, 2.45) is 7.05 Å². The van der Waals surface area contributed by atoms with Crippen molar-refractivity contribution in [3.8, 4) is 6.07 Å². The maximum atomic E-state index is 9.83. The van der Waals surface area contributed by atoms with Crippen molar-refractivity contribution >= 4 is 11.0 Å². The highest BCUT2D eigenvalue weighted by molar-refractivity contribution is 5.75. The Bertz CT molecular complexity index is 912. The number of hydrogen-bond donors (Lipinski definition) is 0. The largest absolute Gasteiger partial charge is 0.330 e. The molecule has 4 nitrogen and oxygen atoms in total. The predicted octanol–water partition coefficient (Wildman–Crippen LogP) is 3.63. The average molecular weight is 330 g/mol.